The number of carbonyl (C=O) groups excluding carboxylic acids is 1. The van der Waals surface area contributed by atoms with Crippen molar-refractivity contribution in [3.63, 3.8) is 0 Å². The maximum absolute atomic E-state index is 13.2. The summed E-state index contributed by atoms with van der Waals surface area (Å²) in [6.07, 6.45) is 3.75. The van der Waals surface area contributed by atoms with Crippen LogP contribution in [-0.4, -0.2) is 12.5 Å². The second kappa shape index (κ2) is 12.4. The van der Waals surface area contributed by atoms with E-state index in [2.05, 4.69) is 11.9 Å². The molecule has 0 aliphatic rings. The third kappa shape index (κ3) is 6.83. The molecule has 0 aromatic heterocycles. The van der Waals surface area contributed by atoms with Crippen LogP contribution in [0, 0.1) is 31.0 Å². The van der Waals surface area contributed by atoms with E-state index in [4.69, 9.17) is 9.47 Å². The first-order chi connectivity index (χ1) is 17.3. The molecule has 6 heteroatoms. The van der Waals surface area contributed by atoms with Gasteiger partial charge in [0.2, 0.25) is 0 Å². The zero-order valence-corrected chi connectivity index (χ0v) is 20.7. The molecule has 0 unspecified atom stereocenters. The van der Waals surface area contributed by atoms with Gasteiger partial charge >= 0.3 is 0 Å². The molecule has 0 saturated heterocycles. The van der Waals surface area contributed by atoms with Crippen LogP contribution in [0.5, 0.6) is 11.5 Å². The summed E-state index contributed by atoms with van der Waals surface area (Å²) in [7, 11) is 0. The predicted molar refractivity (Wildman–Crippen MR) is 140 cm³/mol. The molecule has 3 rings (SSSR count). The van der Waals surface area contributed by atoms with Crippen LogP contribution in [0.25, 0.3) is 6.08 Å². The Kier molecular flexibility index (Phi) is 9.01. The van der Waals surface area contributed by atoms with Gasteiger partial charge in [0, 0.05) is 11.3 Å². The Balaban J connectivity index is 1.93. The average Bonchev–Trinajstić information content (AvgIpc) is 2.85. The van der Waals surface area contributed by atoms with E-state index >= 15 is 0 Å². The third-order valence-electron chi connectivity index (χ3n) is 5.42. The van der Waals surface area contributed by atoms with Crippen molar-refractivity contribution in [1.82, 2.24) is 0 Å². The van der Waals surface area contributed by atoms with E-state index < -0.39 is 5.91 Å². The van der Waals surface area contributed by atoms with Crippen LogP contribution in [0.3, 0.4) is 0 Å². The van der Waals surface area contributed by atoms with Gasteiger partial charge in [0.15, 0.2) is 11.5 Å². The van der Waals surface area contributed by atoms with Crippen molar-refractivity contribution in [2.24, 2.45) is 0 Å². The molecule has 0 spiro atoms. The van der Waals surface area contributed by atoms with Crippen molar-refractivity contribution < 1.29 is 18.7 Å². The normalized spacial score (nSPS) is 10.9. The number of rotatable bonds is 10. The Labute approximate surface area is 211 Å². The lowest BCUT2D eigenvalue weighted by atomic mass is 10.0. The molecule has 1 N–H and O–H groups in total. The fraction of sp³-hybridized carbons (Fsp3) is 0.200. The topological polar surface area (TPSA) is 71.4 Å². The lowest BCUT2D eigenvalue weighted by Gasteiger charge is -2.17. The fourth-order valence-corrected chi connectivity index (χ4v) is 3.70. The van der Waals surface area contributed by atoms with E-state index in [1.54, 1.807) is 24.3 Å². The zero-order chi connectivity index (χ0) is 26.1. The maximum atomic E-state index is 13.2. The standard InChI is InChI=1S/C30H29FN2O3/c1-5-7-24-15-23(16-25(18-32)30(34)33-27-13-8-20(3)14-21(27)4)17-28(35-6-2)29(24)36-19-22-9-11-26(31)12-10-22/h5,8-17H,1,6-7,19H2,2-4H3,(H,33,34)/b25-16+. The van der Waals surface area contributed by atoms with Gasteiger partial charge in [0.05, 0.1) is 6.61 Å². The number of amides is 1. The smallest absolute Gasteiger partial charge is 0.266 e. The number of aryl methyl sites for hydroxylation is 2. The SMILES string of the molecule is C=CCc1cc(/C=C(\C#N)C(=O)Nc2ccc(C)cc2C)cc(OCC)c1OCc1ccc(F)cc1. The Hall–Kier alpha value is -4.37. The summed E-state index contributed by atoms with van der Waals surface area (Å²) in [5.74, 6) is 0.213. The maximum Gasteiger partial charge on any atom is 0.266 e. The third-order valence-corrected chi connectivity index (χ3v) is 5.42. The minimum atomic E-state index is -0.496. The number of ether oxygens (including phenoxy) is 2. The Morgan fingerprint density at radius 1 is 1.11 bits per heavy atom. The summed E-state index contributed by atoms with van der Waals surface area (Å²) in [4.78, 5) is 12.9. The van der Waals surface area contributed by atoms with Crippen LogP contribution in [0.4, 0.5) is 10.1 Å². The number of halogens is 1. The van der Waals surface area contributed by atoms with E-state index in [0.717, 1.165) is 22.3 Å². The van der Waals surface area contributed by atoms with Gasteiger partial charge in [-0.1, -0.05) is 35.9 Å². The van der Waals surface area contributed by atoms with E-state index in [1.807, 2.05) is 51.1 Å². The van der Waals surface area contributed by atoms with Gasteiger partial charge in [-0.15, -0.1) is 6.58 Å². The molecule has 3 aromatic rings. The summed E-state index contributed by atoms with van der Waals surface area (Å²) in [5.41, 5.74) is 4.83. The molecule has 5 nitrogen and oxygen atoms in total. The first-order valence-electron chi connectivity index (χ1n) is 11.6. The molecule has 3 aromatic carbocycles. The number of benzene rings is 3. The molecular weight excluding hydrogens is 455 g/mol. The molecule has 0 aliphatic heterocycles. The first-order valence-corrected chi connectivity index (χ1v) is 11.6. The van der Waals surface area contributed by atoms with Crippen LogP contribution >= 0.6 is 0 Å². The summed E-state index contributed by atoms with van der Waals surface area (Å²) in [6, 6.07) is 17.3. The van der Waals surface area contributed by atoms with Gasteiger partial charge < -0.3 is 14.8 Å². The molecule has 0 heterocycles. The van der Waals surface area contributed by atoms with Gasteiger partial charge in [-0.25, -0.2) is 4.39 Å². The van der Waals surface area contributed by atoms with E-state index in [-0.39, 0.29) is 18.0 Å². The number of carbonyl (C=O) groups is 1. The monoisotopic (exact) mass is 484 g/mol. The van der Waals surface area contributed by atoms with Gasteiger partial charge in [-0.2, -0.15) is 5.26 Å². The highest BCUT2D eigenvalue weighted by Gasteiger charge is 2.16. The second-order valence-electron chi connectivity index (χ2n) is 8.29. The molecule has 0 fully saturated rings. The molecule has 0 bridgehead atoms. The lowest BCUT2D eigenvalue weighted by molar-refractivity contribution is -0.112. The average molecular weight is 485 g/mol. The quantitative estimate of drug-likeness (QED) is 0.198. The summed E-state index contributed by atoms with van der Waals surface area (Å²) < 4.78 is 25.2. The van der Waals surface area contributed by atoms with Crippen molar-refractivity contribution in [2.75, 3.05) is 11.9 Å². The summed E-state index contributed by atoms with van der Waals surface area (Å²) in [6.45, 7) is 10.2. The van der Waals surface area contributed by atoms with Crippen LogP contribution in [0.2, 0.25) is 0 Å². The molecule has 0 aliphatic carbocycles. The van der Waals surface area contributed by atoms with Gasteiger partial charge in [0.25, 0.3) is 5.91 Å². The van der Waals surface area contributed by atoms with E-state index in [0.29, 0.717) is 35.8 Å². The second-order valence-corrected chi connectivity index (χ2v) is 8.29. The van der Waals surface area contributed by atoms with E-state index in [9.17, 15) is 14.4 Å². The molecule has 184 valence electrons. The van der Waals surface area contributed by atoms with Crippen LogP contribution in [0.15, 0.2) is 72.8 Å². The number of hydrogen-bond donors (Lipinski definition) is 1. The van der Waals surface area contributed by atoms with Crippen molar-refractivity contribution in [3.8, 4) is 17.6 Å². The summed E-state index contributed by atoms with van der Waals surface area (Å²) in [5, 5.41) is 12.5. The fourth-order valence-electron chi connectivity index (χ4n) is 3.70. The van der Waals surface area contributed by atoms with Crippen LogP contribution in [-0.2, 0) is 17.8 Å². The molecule has 0 radical (unpaired) electrons. The zero-order valence-electron chi connectivity index (χ0n) is 20.7. The number of nitrogens with one attached hydrogen (secondary N) is 1. The lowest BCUT2D eigenvalue weighted by Crippen LogP contribution is -2.14. The van der Waals surface area contributed by atoms with Crippen molar-refractivity contribution >= 4 is 17.7 Å². The van der Waals surface area contributed by atoms with Crippen LogP contribution < -0.4 is 14.8 Å². The van der Waals surface area contributed by atoms with Gasteiger partial charge in [0.1, 0.15) is 24.1 Å². The van der Waals surface area contributed by atoms with E-state index in [1.165, 1.54) is 18.2 Å². The van der Waals surface area contributed by atoms with Gasteiger partial charge in [-0.3, -0.25) is 4.79 Å². The molecule has 36 heavy (non-hydrogen) atoms. The first kappa shape index (κ1) is 26.2. The Morgan fingerprint density at radius 2 is 1.86 bits per heavy atom. The van der Waals surface area contributed by atoms with Crippen molar-refractivity contribution in [3.05, 3.63) is 106 Å². The molecular formula is C30H29FN2O3. The molecule has 1 amide bonds. The number of anilines is 1. The van der Waals surface area contributed by atoms with Crippen molar-refractivity contribution in [1.29, 1.82) is 5.26 Å². The number of hydrogen-bond acceptors (Lipinski definition) is 4. The minimum Gasteiger partial charge on any atom is -0.490 e. The highest BCUT2D eigenvalue weighted by Crippen LogP contribution is 2.35. The summed E-state index contributed by atoms with van der Waals surface area (Å²) >= 11 is 0. The Morgan fingerprint density at radius 3 is 2.50 bits per heavy atom. The van der Waals surface area contributed by atoms with Gasteiger partial charge in [-0.05, 0) is 80.3 Å². The highest BCUT2D eigenvalue weighted by atomic mass is 19.1. The highest BCUT2D eigenvalue weighted by molar-refractivity contribution is 6.10. The molecule has 0 saturated carbocycles. The minimum absolute atomic E-state index is 0.0399. The number of nitrogens with zero attached hydrogens (tertiary/aromatic N) is 1. The van der Waals surface area contributed by atoms with Crippen LogP contribution in [0.1, 0.15) is 34.7 Å². The number of nitriles is 1. The van der Waals surface area contributed by atoms with Crippen molar-refractivity contribution in [2.45, 2.75) is 33.8 Å². The largest absolute Gasteiger partial charge is 0.490 e. The molecule has 0 atom stereocenters. The predicted octanol–water partition coefficient (Wildman–Crippen LogP) is 6.69. The number of allylic oxidation sites excluding steroid dienone is 1. The Bertz CT molecular complexity index is 1320.